The van der Waals surface area contributed by atoms with E-state index in [2.05, 4.69) is 9.88 Å². The monoisotopic (exact) mass is 334 g/mol. The predicted octanol–water partition coefficient (Wildman–Crippen LogP) is 3.06. The lowest BCUT2D eigenvalue weighted by atomic mass is 10.1. The van der Waals surface area contributed by atoms with E-state index in [1.165, 1.54) is 11.3 Å². The van der Waals surface area contributed by atoms with Gasteiger partial charge in [0.15, 0.2) is 5.13 Å². The number of thiazole rings is 1. The minimum atomic E-state index is -0.202. The molecule has 0 spiro atoms. The minimum Gasteiger partial charge on any atom is -0.393 e. The lowest BCUT2D eigenvalue weighted by molar-refractivity contribution is 0.104. The van der Waals surface area contributed by atoms with Gasteiger partial charge in [-0.2, -0.15) is 0 Å². The van der Waals surface area contributed by atoms with E-state index in [1.54, 1.807) is 18.0 Å². The largest absolute Gasteiger partial charge is 0.393 e. The molecule has 2 aromatic rings. The molecule has 0 amide bonds. The third kappa shape index (κ3) is 3.34. The van der Waals surface area contributed by atoms with Gasteiger partial charge in [0.05, 0.1) is 17.2 Å². The molecule has 1 fully saturated rings. The molecular formula is C16H18N2O2S2. The van der Waals surface area contributed by atoms with E-state index in [1.807, 2.05) is 30.5 Å². The Morgan fingerprint density at radius 2 is 2.18 bits per heavy atom. The highest BCUT2D eigenvalue weighted by Crippen LogP contribution is 2.28. The smallest absolute Gasteiger partial charge is 0.204 e. The Labute approximate surface area is 138 Å². The van der Waals surface area contributed by atoms with E-state index in [4.69, 9.17) is 0 Å². The van der Waals surface area contributed by atoms with Crippen molar-refractivity contribution in [2.45, 2.75) is 23.8 Å². The number of aliphatic hydroxyl groups is 1. The van der Waals surface area contributed by atoms with Crippen molar-refractivity contribution < 1.29 is 9.90 Å². The topological polar surface area (TPSA) is 53.4 Å². The first-order chi connectivity index (χ1) is 10.7. The van der Waals surface area contributed by atoms with Gasteiger partial charge in [-0.25, -0.2) is 4.98 Å². The van der Waals surface area contributed by atoms with Gasteiger partial charge < -0.3 is 10.0 Å². The number of nitrogens with zero attached hydrogens (tertiary/aromatic N) is 2. The fourth-order valence-corrected chi connectivity index (χ4v) is 3.87. The third-order valence-corrected chi connectivity index (χ3v) is 5.57. The van der Waals surface area contributed by atoms with E-state index in [-0.39, 0.29) is 11.9 Å². The van der Waals surface area contributed by atoms with Crippen LogP contribution in [0.25, 0.3) is 0 Å². The van der Waals surface area contributed by atoms with Crippen LogP contribution in [0.2, 0.25) is 0 Å². The van der Waals surface area contributed by atoms with Crippen molar-refractivity contribution in [3.05, 3.63) is 40.9 Å². The Morgan fingerprint density at radius 1 is 1.41 bits per heavy atom. The number of benzene rings is 1. The number of anilines is 1. The molecule has 0 unspecified atom stereocenters. The van der Waals surface area contributed by atoms with Crippen LogP contribution >= 0.6 is 23.1 Å². The number of carbonyl (C=O) groups is 1. The minimum absolute atomic E-state index is 0.0247. The van der Waals surface area contributed by atoms with Gasteiger partial charge >= 0.3 is 0 Å². The number of aliphatic hydroxyl groups excluding tert-OH is 1. The maximum atomic E-state index is 12.6. The molecule has 1 saturated heterocycles. The summed E-state index contributed by atoms with van der Waals surface area (Å²) < 4.78 is 0. The maximum Gasteiger partial charge on any atom is 0.204 e. The summed E-state index contributed by atoms with van der Waals surface area (Å²) >= 11 is 3.06. The lowest BCUT2D eigenvalue weighted by Gasteiger charge is -2.28. The van der Waals surface area contributed by atoms with Crippen LogP contribution in [0.4, 0.5) is 5.13 Å². The Hall–Kier alpha value is -1.37. The van der Waals surface area contributed by atoms with Crippen LogP contribution in [0.5, 0.6) is 0 Å². The first kappa shape index (κ1) is 15.5. The highest BCUT2D eigenvalue weighted by atomic mass is 32.2. The van der Waals surface area contributed by atoms with Crippen LogP contribution in [-0.2, 0) is 0 Å². The van der Waals surface area contributed by atoms with E-state index >= 15 is 0 Å². The van der Waals surface area contributed by atoms with Gasteiger partial charge in [0, 0.05) is 23.5 Å². The quantitative estimate of drug-likeness (QED) is 0.688. The summed E-state index contributed by atoms with van der Waals surface area (Å²) in [6.45, 7) is 1.59. The van der Waals surface area contributed by atoms with Crippen LogP contribution in [-0.4, -0.2) is 41.3 Å². The molecule has 0 bridgehead atoms. The zero-order valence-electron chi connectivity index (χ0n) is 12.4. The third-order valence-electron chi connectivity index (χ3n) is 3.78. The second-order valence-corrected chi connectivity index (χ2v) is 7.18. The number of aromatic nitrogens is 1. The zero-order valence-corrected chi connectivity index (χ0v) is 14.0. The lowest BCUT2D eigenvalue weighted by Crippen LogP contribution is -2.35. The van der Waals surface area contributed by atoms with Crippen molar-refractivity contribution in [3.8, 4) is 0 Å². The summed E-state index contributed by atoms with van der Waals surface area (Å²) in [7, 11) is 0. The number of thioether (sulfide) groups is 1. The Balaban J connectivity index is 1.76. The second-order valence-electron chi connectivity index (χ2n) is 5.29. The SMILES string of the molecule is CSc1cccc(C(=O)c2cnc(N3CCC(O)CC3)s2)c1. The molecule has 1 aliphatic rings. The fraction of sp³-hybridized carbons (Fsp3) is 0.375. The molecule has 1 aromatic carbocycles. The number of ketones is 1. The summed E-state index contributed by atoms with van der Waals surface area (Å²) in [5.41, 5.74) is 0.705. The molecule has 1 aliphatic heterocycles. The van der Waals surface area contributed by atoms with Gasteiger partial charge in [0.1, 0.15) is 0 Å². The Morgan fingerprint density at radius 3 is 2.91 bits per heavy atom. The molecule has 1 N–H and O–H groups in total. The molecule has 2 heterocycles. The van der Waals surface area contributed by atoms with E-state index in [0.29, 0.717) is 10.4 Å². The normalized spacial score (nSPS) is 16.0. The van der Waals surface area contributed by atoms with Gasteiger partial charge in [-0.15, -0.1) is 11.8 Å². The first-order valence-corrected chi connectivity index (χ1v) is 9.29. The summed E-state index contributed by atoms with van der Waals surface area (Å²) in [4.78, 5) is 20.9. The van der Waals surface area contributed by atoms with E-state index < -0.39 is 0 Å². The number of rotatable bonds is 4. The van der Waals surface area contributed by atoms with Crippen LogP contribution in [0.15, 0.2) is 35.4 Å². The number of hydrogen-bond donors (Lipinski definition) is 1. The van der Waals surface area contributed by atoms with Crippen LogP contribution in [0.3, 0.4) is 0 Å². The highest BCUT2D eigenvalue weighted by Gasteiger charge is 2.21. The predicted molar refractivity (Wildman–Crippen MR) is 91.2 cm³/mol. The average Bonchev–Trinajstić information content (AvgIpc) is 3.05. The summed E-state index contributed by atoms with van der Waals surface area (Å²) in [5.74, 6) is 0.0247. The van der Waals surface area contributed by atoms with Crippen molar-refractivity contribution in [2.75, 3.05) is 24.2 Å². The Bertz CT molecular complexity index is 664. The molecule has 4 nitrogen and oxygen atoms in total. The van der Waals surface area contributed by atoms with Crippen LogP contribution in [0.1, 0.15) is 28.1 Å². The molecular weight excluding hydrogens is 316 g/mol. The molecule has 0 saturated carbocycles. The molecule has 6 heteroatoms. The van der Waals surface area contributed by atoms with Crippen molar-refractivity contribution in [1.82, 2.24) is 4.98 Å². The van der Waals surface area contributed by atoms with Gasteiger partial charge in [0.25, 0.3) is 0 Å². The fourth-order valence-electron chi connectivity index (χ4n) is 2.48. The average molecular weight is 334 g/mol. The number of carbonyl (C=O) groups excluding carboxylic acids is 1. The first-order valence-electron chi connectivity index (χ1n) is 7.25. The molecule has 0 radical (unpaired) electrons. The molecule has 0 aliphatic carbocycles. The van der Waals surface area contributed by atoms with Crippen LogP contribution < -0.4 is 4.90 Å². The maximum absolute atomic E-state index is 12.6. The van der Waals surface area contributed by atoms with Crippen LogP contribution in [0, 0.1) is 0 Å². The molecule has 3 rings (SSSR count). The summed E-state index contributed by atoms with van der Waals surface area (Å²) in [6.07, 6.45) is 4.99. The molecule has 116 valence electrons. The molecule has 1 aromatic heterocycles. The zero-order chi connectivity index (χ0) is 15.5. The number of hydrogen-bond acceptors (Lipinski definition) is 6. The van der Waals surface area contributed by atoms with Gasteiger partial charge in [-0.1, -0.05) is 23.5 Å². The Kier molecular flexibility index (Phi) is 4.81. The van der Waals surface area contributed by atoms with Gasteiger partial charge in [-0.3, -0.25) is 4.79 Å². The van der Waals surface area contributed by atoms with Crippen molar-refractivity contribution >= 4 is 34.0 Å². The van der Waals surface area contributed by atoms with Crippen molar-refractivity contribution in [3.63, 3.8) is 0 Å². The highest BCUT2D eigenvalue weighted by molar-refractivity contribution is 7.98. The van der Waals surface area contributed by atoms with E-state index in [9.17, 15) is 9.90 Å². The van der Waals surface area contributed by atoms with Gasteiger partial charge in [-0.05, 0) is 31.2 Å². The van der Waals surface area contributed by atoms with Crippen molar-refractivity contribution in [2.24, 2.45) is 0 Å². The molecule has 22 heavy (non-hydrogen) atoms. The van der Waals surface area contributed by atoms with Crippen molar-refractivity contribution in [1.29, 1.82) is 0 Å². The number of piperidine rings is 1. The van der Waals surface area contributed by atoms with E-state index in [0.717, 1.165) is 36.0 Å². The van der Waals surface area contributed by atoms with Gasteiger partial charge in [0.2, 0.25) is 5.78 Å². The second kappa shape index (κ2) is 6.81. The summed E-state index contributed by atoms with van der Waals surface area (Å²) in [5, 5.41) is 10.4. The summed E-state index contributed by atoms with van der Waals surface area (Å²) in [6, 6.07) is 7.67. The standard InChI is InChI=1S/C16H18N2O2S2/c1-21-13-4-2-3-11(9-13)15(20)14-10-17-16(22-14)18-7-5-12(19)6-8-18/h2-4,9-10,12,19H,5-8H2,1H3. The molecule has 0 atom stereocenters.